The second kappa shape index (κ2) is 5.61. The Morgan fingerprint density at radius 2 is 2.27 bits per heavy atom. The van der Waals surface area contributed by atoms with Gasteiger partial charge < -0.3 is 0 Å². The van der Waals surface area contributed by atoms with Gasteiger partial charge in [-0.1, -0.05) is 46.6 Å². The highest BCUT2D eigenvalue weighted by Gasteiger charge is 2.16. The minimum absolute atomic E-state index is 0.0642. The Bertz CT molecular complexity index is 368. The largest absolute Gasteiger partial charge is 0.298 e. The van der Waals surface area contributed by atoms with Gasteiger partial charge in [0.15, 0.2) is 0 Å². The molecule has 0 bridgehead atoms. The number of hydrogen-bond donors (Lipinski definition) is 0. The minimum Gasteiger partial charge on any atom is -0.298 e. The molecular formula is C11H11BrClFO. The summed E-state index contributed by atoms with van der Waals surface area (Å²) in [5, 5.41) is 0.0937. The van der Waals surface area contributed by atoms with Crippen LogP contribution in [0.2, 0.25) is 5.02 Å². The Hall–Kier alpha value is -0.410. The van der Waals surface area contributed by atoms with E-state index in [0.717, 1.165) is 0 Å². The van der Waals surface area contributed by atoms with Gasteiger partial charge in [0.05, 0.1) is 9.85 Å². The van der Waals surface area contributed by atoms with Crippen molar-refractivity contribution in [2.24, 2.45) is 0 Å². The number of benzene rings is 1. The molecule has 0 radical (unpaired) electrons. The van der Waals surface area contributed by atoms with Gasteiger partial charge in [-0.2, -0.15) is 0 Å². The third-order valence-electron chi connectivity index (χ3n) is 2.13. The molecule has 0 aliphatic carbocycles. The lowest BCUT2D eigenvalue weighted by Gasteiger charge is -2.08. The van der Waals surface area contributed by atoms with E-state index in [-0.39, 0.29) is 15.6 Å². The molecule has 82 valence electrons. The fourth-order valence-corrected chi connectivity index (χ4v) is 2.10. The second-order valence-corrected chi connectivity index (χ2v) is 4.72. The number of ketones is 1. The van der Waals surface area contributed by atoms with Crippen LogP contribution in [0.4, 0.5) is 4.39 Å². The van der Waals surface area contributed by atoms with Crippen LogP contribution < -0.4 is 0 Å². The summed E-state index contributed by atoms with van der Waals surface area (Å²) in [6.07, 6.45) is 0.775. The lowest BCUT2D eigenvalue weighted by atomic mass is 10.1. The van der Waals surface area contributed by atoms with Gasteiger partial charge in [0, 0.05) is 6.42 Å². The number of halogens is 3. The van der Waals surface area contributed by atoms with Crippen LogP contribution in [0.5, 0.6) is 0 Å². The van der Waals surface area contributed by atoms with Gasteiger partial charge in [0.25, 0.3) is 0 Å². The molecule has 0 heterocycles. The van der Waals surface area contributed by atoms with Gasteiger partial charge in [0.2, 0.25) is 0 Å². The van der Waals surface area contributed by atoms with E-state index in [2.05, 4.69) is 15.9 Å². The molecule has 15 heavy (non-hydrogen) atoms. The van der Waals surface area contributed by atoms with Gasteiger partial charge >= 0.3 is 0 Å². The van der Waals surface area contributed by atoms with Crippen LogP contribution in [0, 0.1) is 5.82 Å². The number of carbonyl (C=O) groups is 1. The number of rotatable bonds is 4. The predicted molar refractivity (Wildman–Crippen MR) is 63.1 cm³/mol. The summed E-state index contributed by atoms with van der Waals surface area (Å²) in [6, 6.07) is 4.81. The molecule has 0 spiro atoms. The maximum absolute atomic E-state index is 13.5. The van der Waals surface area contributed by atoms with Crippen LogP contribution in [-0.4, -0.2) is 10.6 Å². The summed E-state index contributed by atoms with van der Waals surface area (Å²) in [7, 11) is 0. The second-order valence-electron chi connectivity index (χ2n) is 3.20. The van der Waals surface area contributed by atoms with Gasteiger partial charge in [-0.15, -0.1) is 0 Å². The fourth-order valence-electron chi connectivity index (χ4n) is 1.23. The number of Topliss-reactive ketones (excluding diaryl/α,β-unsaturated/α-hetero) is 1. The molecule has 4 heteroatoms. The van der Waals surface area contributed by atoms with Crippen LogP contribution in [0.25, 0.3) is 0 Å². The van der Waals surface area contributed by atoms with E-state index >= 15 is 0 Å². The molecule has 0 aliphatic rings. The first kappa shape index (κ1) is 12.7. The van der Waals surface area contributed by atoms with E-state index in [4.69, 9.17) is 11.6 Å². The standard InChI is InChI=1S/C11H11BrClFO/c1-2-10(15)8(12)6-7-4-3-5-9(13)11(7)14/h3-5,8H,2,6H2,1H3. The van der Waals surface area contributed by atoms with Crippen molar-refractivity contribution in [3.05, 3.63) is 34.6 Å². The highest BCUT2D eigenvalue weighted by molar-refractivity contribution is 9.10. The minimum atomic E-state index is -0.437. The third-order valence-corrected chi connectivity index (χ3v) is 3.25. The molecule has 1 aromatic carbocycles. The number of hydrogen-bond acceptors (Lipinski definition) is 1. The van der Waals surface area contributed by atoms with Gasteiger partial charge in [0.1, 0.15) is 11.6 Å². The van der Waals surface area contributed by atoms with Crippen molar-refractivity contribution in [1.29, 1.82) is 0 Å². The van der Waals surface area contributed by atoms with Crippen LogP contribution in [-0.2, 0) is 11.2 Å². The average Bonchev–Trinajstić information content (AvgIpc) is 2.23. The monoisotopic (exact) mass is 292 g/mol. The molecule has 1 unspecified atom stereocenters. The van der Waals surface area contributed by atoms with E-state index in [9.17, 15) is 9.18 Å². The normalized spacial score (nSPS) is 12.5. The van der Waals surface area contributed by atoms with Crippen LogP contribution in [0.15, 0.2) is 18.2 Å². The lowest BCUT2D eigenvalue weighted by Crippen LogP contribution is -2.16. The third kappa shape index (κ3) is 3.28. The first-order valence-corrected chi connectivity index (χ1v) is 5.95. The zero-order chi connectivity index (χ0) is 11.4. The molecule has 1 nitrogen and oxygen atoms in total. The Kier molecular flexibility index (Phi) is 4.74. The topological polar surface area (TPSA) is 17.1 Å². The van der Waals surface area contributed by atoms with Gasteiger partial charge in [-0.05, 0) is 18.1 Å². The van der Waals surface area contributed by atoms with E-state index in [1.165, 1.54) is 6.07 Å². The van der Waals surface area contributed by atoms with E-state index in [1.54, 1.807) is 19.1 Å². The van der Waals surface area contributed by atoms with Crippen molar-refractivity contribution in [3.8, 4) is 0 Å². The smallest absolute Gasteiger partial charge is 0.146 e. The van der Waals surface area contributed by atoms with Crippen LogP contribution in [0.3, 0.4) is 0 Å². The quantitative estimate of drug-likeness (QED) is 0.773. The summed E-state index contributed by atoms with van der Waals surface area (Å²) in [5.74, 6) is -0.373. The Labute approximate surface area is 102 Å². The highest BCUT2D eigenvalue weighted by atomic mass is 79.9. The van der Waals surface area contributed by atoms with Crippen molar-refractivity contribution in [1.82, 2.24) is 0 Å². The molecule has 0 aliphatic heterocycles. The summed E-state index contributed by atoms with van der Waals surface area (Å²) in [6.45, 7) is 1.78. The van der Waals surface area contributed by atoms with Crippen molar-refractivity contribution in [2.75, 3.05) is 0 Å². The fraction of sp³-hybridized carbons (Fsp3) is 0.364. The Morgan fingerprint density at radius 1 is 1.60 bits per heavy atom. The molecule has 1 atom stereocenters. The summed E-state index contributed by atoms with van der Waals surface area (Å²) in [5.41, 5.74) is 0.464. The van der Waals surface area contributed by atoms with Gasteiger partial charge in [-0.25, -0.2) is 4.39 Å². The SMILES string of the molecule is CCC(=O)C(Br)Cc1cccc(Cl)c1F. The lowest BCUT2D eigenvalue weighted by molar-refractivity contribution is -0.118. The zero-order valence-electron chi connectivity index (χ0n) is 8.27. The maximum Gasteiger partial charge on any atom is 0.146 e. The molecule has 0 saturated carbocycles. The first-order valence-electron chi connectivity index (χ1n) is 4.66. The van der Waals surface area contributed by atoms with Crippen molar-refractivity contribution in [2.45, 2.75) is 24.6 Å². The van der Waals surface area contributed by atoms with Crippen LogP contribution >= 0.6 is 27.5 Å². The summed E-state index contributed by atoms with van der Waals surface area (Å²) >= 11 is 8.88. The average molecular weight is 294 g/mol. The van der Waals surface area contributed by atoms with Crippen LogP contribution in [0.1, 0.15) is 18.9 Å². The molecule has 0 amide bonds. The van der Waals surface area contributed by atoms with E-state index < -0.39 is 5.82 Å². The van der Waals surface area contributed by atoms with Gasteiger partial charge in [-0.3, -0.25) is 4.79 Å². The summed E-state index contributed by atoms with van der Waals surface area (Å²) in [4.78, 5) is 11.0. The van der Waals surface area contributed by atoms with Crippen molar-refractivity contribution >= 4 is 33.3 Å². The Morgan fingerprint density at radius 3 is 2.87 bits per heavy atom. The van der Waals surface area contributed by atoms with E-state index in [1.807, 2.05) is 0 Å². The maximum atomic E-state index is 13.5. The summed E-state index contributed by atoms with van der Waals surface area (Å²) < 4.78 is 13.5. The first-order chi connectivity index (χ1) is 7.06. The Balaban J connectivity index is 2.81. The molecule has 0 aromatic heterocycles. The highest BCUT2D eigenvalue weighted by Crippen LogP contribution is 2.21. The number of carbonyl (C=O) groups excluding carboxylic acids is 1. The predicted octanol–water partition coefficient (Wildman–Crippen LogP) is 3.76. The molecule has 1 rings (SSSR count). The molecule has 0 saturated heterocycles. The molecular weight excluding hydrogens is 282 g/mol. The van der Waals surface area contributed by atoms with Crippen molar-refractivity contribution in [3.63, 3.8) is 0 Å². The molecule has 0 N–H and O–H groups in total. The molecule has 0 fully saturated rings. The van der Waals surface area contributed by atoms with Crippen molar-refractivity contribution < 1.29 is 9.18 Å². The zero-order valence-corrected chi connectivity index (χ0v) is 10.6. The number of alkyl halides is 1. The molecule has 1 aromatic rings. The van der Waals surface area contributed by atoms with E-state index in [0.29, 0.717) is 18.4 Å².